The maximum absolute atomic E-state index is 11.1. The highest BCUT2D eigenvalue weighted by atomic mass is 16.6. The normalized spacial score (nSPS) is 27.0. The Morgan fingerprint density at radius 3 is 2.74 bits per heavy atom. The van der Waals surface area contributed by atoms with Crippen LogP contribution in [-0.2, 0) is 0 Å². The lowest BCUT2D eigenvalue weighted by Crippen LogP contribution is -2.35. The number of nitro groups is 1. The Hall–Kier alpha value is -1.58. The highest BCUT2D eigenvalue weighted by molar-refractivity contribution is 5.63. The average Bonchev–Trinajstić information content (AvgIpc) is 2.35. The summed E-state index contributed by atoms with van der Waals surface area (Å²) in [7, 11) is 0. The number of anilines is 1. The molecule has 0 aliphatic heterocycles. The van der Waals surface area contributed by atoms with E-state index in [0.29, 0.717) is 23.6 Å². The van der Waals surface area contributed by atoms with Crippen molar-refractivity contribution in [3.05, 3.63) is 33.9 Å². The fourth-order valence-corrected chi connectivity index (χ4v) is 2.91. The van der Waals surface area contributed by atoms with Gasteiger partial charge in [0, 0.05) is 12.1 Å². The van der Waals surface area contributed by atoms with Crippen LogP contribution in [0.5, 0.6) is 0 Å². The van der Waals surface area contributed by atoms with Gasteiger partial charge in [-0.15, -0.1) is 0 Å². The van der Waals surface area contributed by atoms with Crippen LogP contribution in [0.3, 0.4) is 0 Å². The molecule has 19 heavy (non-hydrogen) atoms. The number of hydrogen-bond donors (Lipinski definition) is 1. The summed E-state index contributed by atoms with van der Waals surface area (Å²) in [4.78, 5) is 10.8. The van der Waals surface area contributed by atoms with Crippen LogP contribution < -0.4 is 5.32 Å². The standard InChI is InChI=1S/C15H22N2O2/c1-10-7-8-15(17(18)19)14(9-10)16-13-6-4-5-11(2)12(13)3/h7-9,11-13,16H,4-6H2,1-3H3. The third-order valence-corrected chi connectivity index (χ3v) is 4.40. The Bertz CT molecular complexity index is 473. The van der Waals surface area contributed by atoms with Crippen LogP contribution in [0.25, 0.3) is 0 Å². The van der Waals surface area contributed by atoms with Crippen molar-refractivity contribution in [1.29, 1.82) is 0 Å². The summed E-state index contributed by atoms with van der Waals surface area (Å²) in [6.07, 6.45) is 3.55. The van der Waals surface area contributed by atoms with Gasteiger partial charge in [-0.2, -0.15) is 0 Å². The molecule has 1 aliphatic carbocycles. The van der Waals surface area contributed by atoms with Crippen molar-refractivity contribution in [3.8, 4) is 0 Å². The van der Waals surface area contributed by atoms with E-state index in [1.165, 1.54) is 12.8 Å². The molecule has 0 aromatic heterocycles. The van der Waals surface area contributed by atoms with Crippen molar-refractivity contribution in [2.24, 2.45) is 11.8 Å². The highest BCUT2D eigenvalue weighted by Crippen LogP contribution is 2.34. The maximum atomic E-state index is 11.1. The predicted octanol–water partition coefficient (Wildman–Crippen LogP) is 4.14. The van der Waals surface area contributed by atoms with Crippen LogP contribution in [0.15, 0.2) is 18.2 Å². The summed E-state index contributed by atoms with van der Waals surface area (Å²) in [5, 5.41) is 14.5. The number of nitro benzene ring substituents is 1. The van der Waals surface area contributed by atoms with E-state index in [4.69, 9.17) is 0 Å². The van der Waals surface area contributed by atoms with Gasteiger partial charge < -0.3 is 5.32 Å². The molecule has 1 fully saturated rings. The van der Waals surface area contributed by atoms with Crippen molar-refractivity contribution in [2.75, 3.05) is 5.32 Å². The molecule has 3 unspecified atom stereocenters. The topological polar surface area (TPSA) is 55.2 Å². The lowest BCUT2D eigenvalue weighted by atomic mass is 9.78. The molecule has 2 rings (SSSR count). The largest absolute Gasteiger partial charge is 0.376 e. The van der Waals surface area contributed by atoms with Gasteiger partial charge >= 0.3 is 0 Å². The van der Waals surface area contributed by atoms with Gasteiger partial charge in [0.1, 0.15) is 5.69 Å². The van der Waals surface area contributed by atoms with Crippen LogP contribution in [0.1, 0.15) is 38.7 Å². The first-order valence-electron chi connectivity index (χ1n) is 7.00. The molecule has 4 heteroatoms. The van der Waals surface area contributed by atoms with Crippen LogP contribution in [0, 0.1) is 28.9 Å². The second-order valence-electron chi connectivity index (χ2n) is 5.80. The predicted molar refractivity (Wildman–Crippen MR) is 77.4 cm³/mol. The average molecular weight is 262 g/mol. The molecule has 104 valence electrons. The summed E-state index contributed by atoms with van der Waals surface area (Å²) >= 11 is 0. The van der Waals surface area contributed by atoms with Gasteiger partial charge in [0.05, 0.1) is 4.92 Å². The summed E-state index contributed by atoms with van der Waals surface area (Å²) < 4.78 is 0. The van der Waals surface area contributed by atoms with Gasteiger partial charge in [0.25, 0.3) is 5.69 Å². The van der Waals surface area contributed by atoms with Crippen LogP contribution >= 0.6 is 0 Å². The molecule has 4 nitrogen and oxygen atoms in total. The molecule has 1 saturated carbocycles. The molecule has 0 bridgehead atoms. The second kappa shape index (κ2) is 5.59. The van der Waals surface area contributed by atoms with Crippen molar-refractivity contribution < 1.29 is 4.92 Å². The van der Waals surface area contributed by atoms with Crippen molar-refractivity contribution in [2.45, 2.75) is 46.1 Å². The molecular formula is C15H22N2O2. The van der Waals surface area contributed by atoms with Gasteiger partial charge in [-0.25, -0.2) is 0 Å². The Balaban J connectivity index is 2.22. The maximum Gasteiger partial charge on any atom is 0.292 e. The van der Waals surface area contributed by atoms with Crippen molar-refractivity contribution in [3.63, 3.8) is 0 Å². The molecule has 1 aromatic carbocycles. The number of aryl methyl sites for hydroxylation is 1. The van der Waals surface area contributed by atoms with Crippen LogP contribution in [0.2, 0.25) is 0 Å². The van der Waals surface area contributed by atoms with Crippen molar-refractivity contribution in [1.82, 2.24) is 0 Å². The lowest BCUT2D eigenvalue weighted by molar-refractivity contribution is -0.384. The quantitative estimate of drug-likeness (QED) is 0.658. The number of nitrogens with zero attached hydrogens (tertiary/aromatic N) is 1. The zero-order chi connectivity index (χ0) is 14.0. The van der Waals surface area contributed by atoms with Crippen LogP contribution in [0.4, 0.5) is 11.4 Å². The lowest BCUT2D eigenvalue weighted by Gasteiger charge is -2.35. The molecule has 3 atom stereocenters. The Morgan fingerprint density at radius 2 is 2.05 bits per heavy atom. The summed E-state index contributed by atoms with van der Waals surface area (Å²) in [6, 6.07) is 5.60. The smallest absolute Gasteiger partial charge is 0.292 e. The Labute approximate surface area is 114 Å². The van der Waals surface area contributed by atoms with E-state index in [-0.39, 0.29) is 10.6 Å². The van der Waals surface area contributed by atoms with E-state index < -0.39 is 0 Å². The van der Waals surface area contributed by atoms with E-state index in [1.807, 2.05) is 13.0 Å². The number of rotatable bonds is 3. The summed E-state index contributed by atoms with van der Waals surface area (Å²) in [6.45, 7) is 6.47. The first-order valence-corrected chi connectivity index (χ1v) is 7.00. The molecule has 1 N–H and O–H groups in total. The van der Waals surface area contributed by atoms with E-state index in [9.17, 15) is 10.1 Å². The molecule has 1 aliphatic rings. The summed E-state index contributed by atoms with van der Waals surface area (Å²) in [5.74, 6) is 1.23. The fraction of sp³-hybridized carbons (Fsp3) is 0.600. The zero-order valence-corrected chi connectivity index (χ0v) is 11.8. The molecule has 0 heterocycles. The minimum Gasteiger partial charge on any atom is -0.376 e. The molecule has 0 saturated heterocycles. The third kappa shape index (κ3) is 3.06. The number of benzene rings is 1. The van der Waals surface area contributed by atoms with Gasteiger partial charge in [-0.05, 0) is 36.8 Å². The van der Waals surface area contributed by atoms with Crippen LogP contribution in [-0.4, -0.2) is 11.0 Å². The van der Waals surface area contributed by atoms with Crippen molar-refractivity contribution >= 4 is 11.4 Å². The first kappa shape index (κ1) is 13.8. The third-order valence-electron chi connectivity index (χ3n) is 4.40. The molecule has 0 spiro atoms. The number of nitrogens with one attached hydrogen (secondary N) is 1. The minimum atomic E-state index is -0.307. The second-order valence-corrected chi connectivity index (χ2v) is 5.80. The van der Waals surface area contributed by atoms with E-state index in [1.54, 1.807) is 12.1 Å². The fourth-order valence-electron chi connectivity index (χ4n) is 2.91. The molecule has 0 radical (unpaired) electrons. The summed E-state index contributed by atoms with van der Waals surface area (Å²) in [5.41, 5.74) is 1.89. The monoisotopic (exact) mass is 262 g/mol. The zero-order valence-electron chi connectivity index (χ0n) is 11.8. The highest BCUT2D eigenvalue weighted by Gasteiger charge is 2.28. The van der Waals surface area contributed by atoms with E-state index >= 15 is 0 Å². The molecular weight excluding hydrogens is 240 g/mol. The van der Waals surface area contributed by atoms with Gasteiger partial charge in [0.2, 0.25) is 0 Å². The van der Waals surface area contributed by atoms with Gasteiger partial charge in [0.15, 0.2) is 0 Å². The Kier molecular flexibility index (Phi) is 4.08. The molecule has 1 aromatic rings. The van der Waals surface area contributed by atoms with E-state index in [2.05, 4.69) is 19.2 Å². The Morgan fingerprint density at radius 1 is 1.32 bits per heavy atom. The minimum absolute atomic E-state index is 0.177. The first-order chi connectivity index (χ1) is 8.99. The van der Waals surface area contributed by atoms with E-state index in [0.717, 1.165) is 12.0 Å². The SMILES string of the molecule is Cc1ccc([N+](=O)[O-])c(NC2CCCC(C)C2C)c1. The number of hydrogen-bond acceptors (Lipinski definition) is 3. The van der Waals surface area contributed by atoms with Gasteiger partial charge in [-0.3, -0.25) is 10.1 Å². The van der Waals surface area contributed by atoms with Gasteiger partial charge in [-0.1, -0.05) is 32.8 Å². The molecule has 0 amide bonds.